The fraction of sp³-hybridized carbons (Fsp3) is 0.538. The van der Waals surface area contributed by atoms with E-state index in [9.17, 15) is 9.59 Å². The normalized spacial score (nSPS) is 10.3. The highest BCUT2D eigenvalue weighted by molar-refractivity contribution is 5.90. The molecule has 1 heterocycles. The Balaban J connectivity index is 2.51. The van der Waals surface area contributed by atoms with Crippen LogP contribution in [0.25, 0.3) is 0 Å². The first-order valence-electron chi connectivity index (χ1n) is 6.11. The summed E-state index contributed by atoms with van der Waals surface area (Å²) in [6.07, 6.45) is 0. The number of esters is 1. The minimum atomic E-state index is -0.422. The zero-order valence-corrected chi connectivity index (χ0v) is 11.8. The lowest BCUT2D eigenvalue weighted by Crippen LogP contribution is -2.35. The molecule has 6 heteroatoms. The molecule has 0 spiro atoms. The quantitative estimate of drug-likeness (QED) is 0.777. The summed E-state index contributed by atoms with van der Waals surface area (Å²) in [4.78, 5) is 24.6. The van der Waals surface area contributed by atoms with Crippen molar-refractivity contribution in [1.29, 1.82) is 0 Å². The largest absolute Gasteiger partial charge is 0.465 e. The number of methoxy groups -OCH3 is 1. The molecule has 0 saturated carbocycles. The monoisotopic (exact) mass is 268 g/mol. The van der Waals surface area contributed by atoms with Crippen molar-refractivity contribution >= 4 is 11.9 Å². The van der Waals surface area contributed by atoms with Crippen molar-refractivity contribution in [1.82, 2.24) is 10.2 Å². The second kappa shape index (κ2) is 6.94. The number of aryl methyl sites for hydroxylation is 1. The van der Waals surface area contributed by atoms with Crippen molar-refractivity contribution in [2.24, 2.45) is 0 Å². The lowest BCUT2D eigenvalue weighted by Gasteiger charge is -2.14. The number of nitrogens with zero attached hydrogens (tertiary/aromatic N) is 1. The molecule has 1 rings (SSSR count). The fourth-order valence-electron chi connectivity index (χ4n) is 1.55. The number of nitrogens with one attached hydrogen (secondary N) is 1. The van der Waals surface area contributed by atoms with Gasteiger partial charge >= 0.3 is 5.97 Å². The van der Waals surface area contributed by atoms with E-state index in [0.717, 1.165) is 0 Å². The van der Waals surface area contributed by atoms with Crippen LogP contribution in [0.2, 0.25) is 0 Å². The second-order valence-corrected chi connectivity index (χ2v) is 4.19. The molecule has 0 radical (unpaired) electrons. The molecular formula is C13H20N2O4. The second-order valence-electron chi connectivity index (χ2n) is 4.19. The number of likely N-dealkylation sites (N-methyl/N-ethyl adjacent to an activating group) is 1. The van der Waals surface area contributed by atoms with E-state index < -0.39 is 5.97 Å². The van der Waals surface area contributed by atoms with Gasteiger partial charge in [-0.3, -0.25) is 4.79 Å². The Labute approximate surface area is 112 Å². The molecule has 1 amide bonds. The topological polar surface area (TPSA) is 71.8 Å². The van der Waals surface area contributed by atoms with Gasteiger partial charge in [0.2, 0.25) is 5.91 Å². The molecule has 0 bridgehead atoms. The first-order valence-corrected chi connectivity index (χ1v) is 6.11. The average molecular weight is 268 g/mol. The summed E-state index contributed by atoms with van der Waals surface area (Å²) in [6, 6.07) is 1.63. The number of carbonyl (C=O) groups excluding carboxylic acids is 2. The number of hydrogen-bond acceptors (Lipinski definition) is 5. The maximum atomic E-state index is 11.5. The third-order valence-electron chi connectivity index (χ3n) is 2.85. The summed E-state index contributed by atoms with van der Waals surface area (Å²) < 4.78 is 10.1. The third-order valence-corrected chi connectivity index (χ3v) is 2.85. The third kappa shape index (κ3) is 4.10. The highest BCUT2D eigenvalue weighted by Crippen LogP contribution is 2.15. The van der Waals surface area contributed by atoms with Gasteiger partial charge < -0.3 is 19.4 Å². The Hall–Kier alpha value is -1.82. The minimum Gasteiger partial charge on any atom is -0.465 e. The summed E-state index contributed by atoms with van der Waals surface area (Å²) >= 11 is 0. The first kappa shape index (κ1) is 15.2. The molecule has 0 saturated heterocycles. The van der Waals surface area contributed by atoms with Crippen molar-refractivity contribution in [3.05, 3.63) is 23.2 Å². The van der Waals surface area contributed by atoms with E-state index in [1.54, 1.807) is 24.9 Å². The van der Waals surface area contributed by atoms with Crippen molar-refractivity contribution < 1.29 is 18.7 Å². The van der Waals surface area contributed by atoms with Crippen molar-refractivity contribution in [3.8, 4) is 0 Å². The summed E-state index contributed by atoms with van der Waals surface area (Å²) in [6.45, 7) is 4.91. The Bertz CT molecular complexity index is 453. The molecule has 19 heavy (non-hydrogen) atoms. The van der Waals surface area contributed by atoms with Gasteiger partial charge in [-0.05, 0) is 19.9 Å². The van der Waals surface area contributed by atoms with E-state index in [1.165, 1.54) is 7.11 Å². The predicted molar refractivity (Wildman–Crippen MR) is 69.8 cm³/mol. The van der Waals surface area contributed by atoms with Crippen LogP contribution in [-0.2, 0) is 16.1 Å². The molecule has 0 fully saturated rings. The SMILES string of the molecule is CCN(C)C(=O)CNCc1cc(C(=O)OC)c(C)o1. The van der Waals surface area contributed by atoms with Crippen molar-refractivity contribution in [2.75, 3.05) is 27.2 Å². The first-order chi connectivity index (χ1) is 8.99. The smallest absolute Gasteiger partial charge is 0.341 e. The molecule has 1 N–H and O–H groups in total. The lowest BCUT2D eigenvalue weighted by molar-refractivity contribution is -0.128. The Morgan fingerprint density at radius 3 is 2.74 bits per heavy atom. The summed E-state index contributed by atoms with van der Waals surface area (Å²) in [5.74, 6) is 0.707. The Morgan fingerprint density at radius 1 is 1.47 bits per heavy atom. The number of ether oxygens (including phenoxy) is 1. The molecule has 0 aliphatic heterocycles. The molecule has 0 aliphatic carbocycles. The van der Waals surface area contributed by atoms with Crippen LogP contribution in [0.4, 0.5) is 0 Å². The van der Waals surface area contributed by atoms with Gasteiger partial charge in [0.25, 0.3) is 0 Å². The van der Waals surface area contributed by atoms with Gasteiger partial charge in [0, 0.05) is 13.6 Å². The fourth-order valence-corrected chi connectivity index (χ4v) is 1.55. The van der Waals surface area contributed by atoms with Crippen LogP contribution in [0.5, 0.6) is 0 Å². The molecule has 0 atom stereocenters. The van der Waals surface area contributed by atoms with Gasteiger partial charge in [-0.15, -0.1) is 0 Å². The standard InChI is InChI=1S/C13H20N2O4/c1-5-15(3)12(16)8-14-7-10-6-11(9(2)19-10)13(17)18-4/h6,14H,5,7-8H2,1-4H3. The van der Waals surface area contributed by atoms with E-state index in [1.807, 2.05) is 6.92 Å². The number of rotatable bonds is 6. The molecule has 1 aromatic heterocycles. The minimum absolute atomic E-state index is 0.0129. The van der Waals surface area contributed by atoms with Gasteiger partial charge in [0.15, 0.2) is 0 Å². The van der Waals surface area contributed by atoms with E-state index in [4.69, 9.17) is 4.42 Å². The average Bonchev–Trinajstić information content (AvgIpc) is 2.77. The highest BCUT2D eigenvalue weighted by Gasteiger charge is 2.15. The van der Waals surface area contributed by atoms with E-state index in [-0.39, 0.29) is 12.5 Å². The van der Waals surface area contributed by atoms with E-state index >= 15 is 0 Å². The Morgan fingerprint density at radius 2 is 2.16 bits per heavy atom. The molecule has 6 nitrogen and oxygen atoms in total. The van der Waals surface area contributed by atoms with E-state index in [0.29, 0.717) is 30.2 Å². The number of furan rings is 1. The van der Waals surface area contributed by atoms with Crippen molar-refractivity contribution in [2.45, 2.75) is 20.4 Å². The highest BCUT2D eigenvalue weighted by atomic mass is 16.5. The van der Waals surface area contributed by atoms with Gasteiger partial charge in [0.05, 0.1) is 20.2 Å². The molecule has 0 aromatic carbocycles. The maximum absolute atomic E-state index is 11.5. The van der Waals surface area contributed by atoms with Crippen LogP contribution in [0.15, 0.2) is 10.5 Å². The number of amides is 1. The maximum Gasteiger partial charge on any atom is 0.341 e. The summed E-state index contributed by atoms with van der Waals surface area (Å²) in [5, 5.41) is 2.98. The van der Waals surface area contributed by atoms with Crippen molar-refractivity contribution in [3.63, 3.8) is 0 Å². The zero-order valence-electron chi connectivity index (χ0n) is 11.8. The lowest BCUT2D eigenvalue weighted by atomic mass is 10.2. The van der Waals surface area contributed by atoms with Crippen LogP contribution in [-0.4, -0.2) is 44.0 Å². The number of hydrogen-bond donors (Lipinski definition) is 1. The number of carbonyl (C=O) groups is 2. The van der Waals surface area contributed by atoms with Gasteiger partial charge in [-0.25, -0.2) is 4.79 Å². The molecule has 1 aromatic rings. The van der Waals surface area contributed by atoms with Crippen LogP contribution >= 0.6 is 0 Å². The van der Waals surface area contributed by atoms with E-state index in [2.05, 4.69) is 10.1 Å². The molecular weight excluding hydrogens is 248 g/mol. The van der Waals surface area contributed by atoms with Crippen LogP contribution in [0, 0.1) is 6.92 Å². The molecule has 0 aliphatic rings. The predicted octanol–water partition coefficient (Wildman–Crippen LogP) is 0.943. The zero-order chi connectivity index (χ0) is 14.4. The molecule has 0 unspecified atom stereocenters. The van der Waals surface area contributed by atoms with Crippen LogP contribution in [0.3, 0.4) is 0 Å². The van der Waals surface area contributed by atoms with Gasteiger partial charge in [-0.1, -0.05) is 0 Å². The molecule has 106 valence electrons. The van der Waals surface area contributed by atoms with Gasteiger partial charge in [0.1, 0.15) is 17.1 Å². The van der Waals surface area contributed by atoms with Crippen LogP contribution < -0.4 is 5.32 Å². The van der Waals surface area contributed by atoms with Crippen LogP contribution in [0.1, 0.15) is 28.8 Å². The Kier molecular flexibility index (Phi) is 5.57. The van der Waals surface area contributed by atoms with Gasteiger partial charge in [-0.2, -0.15) is 0 Å². The summed E-state index contributed by atoms with van der Waals surface area (Å²) in [5.41, 5.74) is 0.413. The summed E-state index contributed by atoms with van der Waals surface area (Å²) in [7, 11) is 3.07.